The highest BCUT2D eigenvalue weighted by molar-refractivity contribution is 5.77. The molecule has 162 valence electrons. The van der Waals surface area contributed by atoms with Gasteiger partial charge in [0.15, 0.2) is 0 Å². The van der Waals surface area contributed by atoms with E-state index >= 15 is 0 Å². The van der Waals surface area contributed by atoms with Crippen LogP contribution in [-0.4, -0.2) is 36.2 Å². The Balaban J connectivity index is 1.29. The molecule has 0 atom stereocenters. The molecule has 1 saturated carbocycles. The molecule has 31 heavy (non-hydrogen) atoms. The first-order valence-electron chi connectivity index (χ1n) is 10.6. The summed E-state index contributed by atoms with van der Waals surface area (Å²) >= 11 is 0. The van der Waals surface area contributed by atoms with Crippen LogP contribution in [0.2, 0.25) is 0 Å². The molecule has 0 bridgehead atoms. The number of nitrogens with zero attached hydrogens (tertiary/aromatic N) is 6. The van der Waals surface area contributed by atoms with Crippen molar-refractivity contribution in [1.82, 2.24) is 29.1 Å². The normalized spacial score (nSPS) is 19.2. The fourth-order valence-electron chi connectivity index (χ4n) is 4.59. The number of aromatic nitrogens is 6. The third-order valence-electron chi connectivity index (χ3n) is 6.38. The Bertz CT molecular complexity index is 1270. The minimum Gasteiger partial charge on any atom is -0.497 e. The zero-order valence-electron chi connectivity index (χ0n) is 18.0. The molecule has 0 saturated heterocycles. The van der Waals surface area contributed by atoms with Gasteiger partial charge in [-0.25, -0.2) is 4.79 Å². The SMILES string of the molecule is COc1ccc2c(c1)n(C[C@H]1CC[C@H](c3nnc(-c4cnn(C)c4)o3)CC1)c(=O)n2C. The highest BCUT2D eigenvalue weighted by Crippen LogP contribution is 2.37. The molecule has 0 amide bonds. The lowest BCUT2D eigenvalue weighted by atomic mass is 9.82. The molecule has 1 aliphatic carbocycles. The molecule has 5 rings (SSSR count). The van der Waals surface area contributed by atoms with E-state index in [2.05, 4.69) is 15.3 Å². The number of benzene rings is 1. The highest BCUT2D eigenvalue weighted by atomic mass is 16.5. The molecule has 1 fully saturated rings. The molecular formula is C22H26N6O3. The third kappa shape index (κ3) is 3.54. The average molecular weight is 422 g/mol. The van der Waals surface area contributed by atoms with Crippen molar-refractivity contribution in [2.24, 2.45) is 20.0 Å². The number of rotatable bonds is 5. The molecule has 1 aliphatic rings. The summed E-state index contributed by atoms with van der Waals surface area (Å²) in [5.41, 5.74) is 2.70. The maximum atomic E-state index is 12.8. The van der Waals surface area contributed by atoms with Gasteiger partial charge in [0.05, 0.1) is 29.9 Å². The van der Waals surface area contributed by atoms with Crippen molar-refractivity contribution in [3.05, 3.63) is 47.0 Å². The van der Waals surface area contributed by atoms with Gasteiger partial charge < -0.3 is 9.15 Å². The van der Waals surface area contributed by atoms with Gasteiger partial charge in [-0.05, 0) is 43.7 Å². The Morgan fingerprint density at radius 3 is 2.65 bits per heavy atom. The molecule has 1 aromatic carbocycles. The fraction of sp³-hybridized carbons (Fsp3) is 0.455. The van der Waals surface area contributed by atoms with Crippen molar-refractivity contribution >= 4 is 11.0 Å². The second-order valence-corrected chi connectivity index (χ2v) is 8.37. The Morgan fingerprint density at radius 1 is 1.13 bits per heavy atom. The molecule has 9 nitrogen and oxygen atoms in total. The van der Waals surface area contributed by atoms with E-state index in [-0.39, 0.29) is 11.6 Å². The predicted molar refractivity (Wildman–Crippen MR) is 115 cm³/mol. The monoisotopic (exact) mass is 422 g/mol. The van der Waals surface area contributed by atoms with Crippen LogP contribution in [0.25, 0.3) is 22.5 Å². The lowest BCUT2D eigenvalue weighted by molar-refractivity contribution is 0.270. The second kappa shape index (κ2) is 7.72. The molecule has 0 N–H and O–H groups in total. The first-order chi connectivity index (χ1) is 15.0. The molecule has 0 aliphatic heterocycles. The van der Waals surface area contributed by atoms with Crippen LogP contribution in [0.1, 0.15) is 37.5 Å². The van der Waals surface area contributed by atoms with Gasteiger partial charge in [0.25, 0.3) is 5.89 Å². The van der Waals surface area contributed by atoms with Gasteiger partial charge >= 0.3 is 5.69 Å². The van der Waals surface area contributed by atoms with Gasteiger partial charge in [-0.3, -0.25) is 13.8 Å². The molecular weight excluding hydrogens is 396 g/mol. The van der Waals surface area contributed by atoms with Crippen LogP contribution < -0.4 is 10.4 Å². The summed E-state index contributed by atoms with van der Waals surface area (Å²) in [7, 11) is 5.32. The van der Waals surface area contributed by atoms with Crippen LogP contribution in [-0.2, 0) is 20.6 Å². The number of fused-ring (bicyclic) bond motifs is 1. The van der Waals surface area contributed by atoms with E-state index in [0.29, 0.717) is 24.2 Å². The van der Waals surface area contributed by atoms with Gasteiger partial charge in [0, 0.05) is 38.8 Å². The van der Waals surface area contributed by atoms with Crippen molar-refractivity contribution in [1.29, 1.82) is 0 Å². The van der Waals surface area contributed by atoms with Crippen molar-refractivity contribution in [3.8, 4) is 17.2 Å². The number of methoxy groups -OCH3 is 1. The first-order valence-corrected chi connectivity index (χ1v) is 10.6. The number of hydrogen-bond donors (Lipinski definition) is 0. The average Bonchev–Trinajstić information content (AvgIpc) is 3.50. The smallest absolute Gasteiger partial charge is 0.328 e. The summed E-state index contributed by atoms with van der Waals surface area (Å²) in [4.78, 5) is 12.8. The Morgan fingerprint density at radius 2 is 1.94 bits per heavy atom. The maximum absolute atomic E-state index is 12.8. The van der Waals surface area contributed by atoms with E-state index in [9.17, 15) is 4.79 Å². The van der Waals surface area contributed by atoms with E-state index in [4.69, 9.17) is 9.15 Å². The molecule has 3 aromatic heterocycles. The zero-order chi connectivity index (χ0) is 21.5. The highest BCUT2D eigenvalue weighted by Gasteiger charge is 2.28. The Kier molecular flexibility index (Phi) is 4.88. The maximum Gasteiger partial charge on any atom is 0.328 e. The van der Waals surface area contributed by atoms with Gasteiger partial charge in [-0.2, -0.15) is 5.10 Å². The molecule has 3 heterocycles. The van der Waals surface area contributed by atoms with Gasteiger partial charge in [0.1, 0.15) is 5.75 Å². The summed E-state index contributed by atoms with van der Waals surface area (Å²) in [5, 5.41) is 12.6. The van der Waals surface area contributed by atoms with E-state index in [1.54, 1.807) is 22.6 Å². The van der Waals surface area contributed by atoms with Gasteiger partial charge in [-0.15, -0.1) is 10.2 Å². The van der Waals surface area contributed by atoms with Gasteiger partial charge in [-0.1, -0.05) is 0 Å². The number of imidazole rings is 1. The molecule has 0 spiro atoms. The quantitative estimate of drug-likeness (QED) is 0.491. The van der Waals surface area contributed by atoms with Crippen LogP contribution in [0.5, 0.6) is 5.75 Å². The van der Waals surface area contributed by atoms with Crippen LogP contribution >= 0.6 is 0 Å². The third-order valence-corrected chi connectivity index (χ3v) is 6.38. The van der Waals surface area contributed by atoms with Crippen molar-refractivity contribution in [3.63, 3.8) is 0 Å². The summed E-state index contributed by atoms with van der Waals surface area (Å²) < 4.78 is 16.6. The van der Waals surface area contributed by atoms with E-state index < -0.39 is 0 Å². The van der Waals surface area contributed by atoms with Crippen molar-refractivity contribution in [2.45, 2.75) is 38.1 Å². The lowest BCUT2D eigenvalue weighted by Gasteiger charge is -2.26. The van der Waals surface area contributed by atoms with Crippen LogP contribution in [0, 0.1) is 5.92 Å². The summed E-state index contributed by atoms with van der Waals surface area (Å²) in [6.07, 6.45) is 7.57. The lowest BCUT2D eigenvalue weighted by Crippen LogP contribution is -2.27. The number of ether oxygens (including phenoxy) is 1. The summed E-state index contributed by atoms with van der Waals surface area (Å²) in [5.74, 6) is 2.67. The Hall–Kier alpha value is -3.36. The number of aryl methyl sites for hydroxylation is 2. The Labute approximate surface area is 179 Å². The number of hydrogen-bond acceptors (Lipinski definition) is 6. The van der Waals surface area contributed by atoms with Crippen LogP contribution in [0.4, 0.5) is 0 Å². The zero-order valence-corrected chi connectivity index (χ0v) is 18.0. The van der Waals surface area contributed by atoms with E-state index in [1.165, 1.54) is 0 Å². The topological polar surface area (TPSA) is 92.9 Å². The second-order valence-electron chi connectivity index (χ2n) is 8.37. The molecule has 0 radical (unpaired) electrons. The fourth-order valence-corrected chi connectivity index (χ4v) is 4.59. The molecule has 0 unspecified atom stereocenters. The van der Waals surface area contributed by atoms with Gasteiger partial charge in [0.2, 0.25) is 5.89 Å². The van der Waals surface area contributed by atoms with E-state index in [1.807, 2.05) is 43.1 Å². The van der Waals surface area contributed by atoms with Crippen molar-refractivity contribution < 1.29 is 9.15 Å². The van der Waals surface area contributed by atoms with Crippen LogP contribution in [0.15, 0.2) is 39.8 Å². The first kappa shape index (κ1) is 19.6. The minimum atomic E-state index is 0.0170. The summed E-state index contributed by atoms with van der Waals surface area (Å²) in [6, 6.07) is 5.78. The summed E-state index contributed by atoms with van der Waals surface area (Å²) in [6.45, 7) is 0.709. The minimum absolute atomic E-state index is 0.0170. The van der Waals surface area contributed by atoms with E-state index in [0.717, 1.165) is 48.0 Å². The van der Waals surface area contributed by atoms with Crippen LogP contribution in [0.3, 0.4) is 0 Å². The predicted octanol–water partition coefficient (Wildman–Crippen LogP) is 3.11. The molecule has 4 aromatic rings. The van der Waals surface area contributed by atoms with Crippen molar-refractivity contribution in [2.75, 3.05) is 7.11 Å². The molecule has 9 heteroatoms. The standard InChI is InChI=1S/C22H26N6O3/c1-26-13-16(11-23-26)21-25-24-20(31-21)15-6-4-14(5-7-15)12-28-19-10-17(30-3)8-9-18(19)27(2)22(28)29/h8-11,13-15H,4-7,12H2,1-3H3/t14-,15-. The largest absolute Gasteiger partial charge is 0.497 e.